The summed E-state index contributed by atoms with van der Waals surface area (Å²) in [5, 5.41) is 0. The lowest BCUT2D eigenvalue weighted by atomic mass is 10.2. The summed E-state index contributed by atoms with van der Waals surface area (Å²) < 4.78 is 42.8. The van der Waals surface area contributed by atoms with Crippen molar-refractivity contribution in [2.24, 2.45) is 0 Å². The maximum atomic E-state index is 12.5. The molecule has 0 unspecified atom stereocenters. The Morgan fingerprint density at radius 2 is 1.79 bits per heavy atom. The van der Waals surface area contributed by atoms with Gasteiger partial charge in [0.15, 0.2) is 5.82 Å². The fourth-order valence-corrected chi connectivity index (χ4v) is 1.38. The molecule has 0 spiro atoms. The van der Waals surface area contributed by atoms with Crippen LogP contribution in [-0.2, 0) is 6.18 Å². The summed E-state index contributed by atoms with van der Waals surface area (Å²) in [5.41, 5.74) is 10.4. The van der Waals surface area contributed by atoms with Crippen molar-refractivity contribution >= 4 is 11.5 Å². The molecule has 1 aromatic carbocycles. The molecule has 0 aliphatic heterocycles. The predicted octanol–water partition coefficient (Wildman–Crippen LogP) is 3.06. The predicted molar refractivity (Wildman–Crippen MR) is 64.6 cm³/mol. The van der Waals surface area contributed by atoms with Gasteiger partial charge in [-0.2, -0.15) is 18.2 Å². The van der Waals surface area contributed by atoms with Crippen LogP contribution in [-0.4, -0.2) is 4.98 Å². The Morgan fingerprint density at radius 3 is 2.42 bits per heavy atom. The van der Waals surface area contributed by atoms with E-state index in [0.717, 1.165) is 12.1 Å². The highest BCUT2D eigenvalue weighted by atomic mass is 19.4. The van der Waals surface area contributed by atoms with Gasteiger partial charge in [-0.1, -0.05) is 6.07 Å². The first-order chi connectivity index (χ1) is 8.86. The Kier molecular flexibility index (Phi) is 3.20. The monoisotopic (exact) mass is 269 g/mol. The van der Waals surface area contributed by atoms with Gasteiger partial charge in [-0.05, 0) is 24.3 Å². The molecule has 0 saturated heterocycles. The highest BCUT2D eigenvalue weighted by molar-refractivity contribution is 5.58. The molecule has 100 valence electrons. The summed E-state index contributed by atoms with van der Waals surface area (Å²) in [4.78, 5) is 3.81. The number of ether oxygens (including phenoxy) is 1. The van der Waals surface area contributed by atoms with Gasteiger partial charge in [0.1, 0.15) is 5.75 Å². The molecule has 1 aromatic heterocycles. The Labute approximate surface area is 106 Å². The van der Waals surface area contributed by atoms with Crippen LogP contribution in [0.15, 0.2) is 36.4 Å². The number of alkyl halides is 3. The number of benzene rings is 1. The molecule has 0 fully saturated rings. The summed E-state index contributed by atoms with van der Waals surface area (Å²) >= 11 is 0. The normalized spacial score (nSPS) is 11.3. The molecule has 4 nitrogen and oxygen atoms in total. The third kappa shape index (κ3) is 3.06. The number of nitrogens with two attached hydrogens (primary N) is 2. The number of hydrogen-bond donors (Lipinski definition) is 2. The van der Waals surface area contributed by atoms with Crippen molar-refractivity contribution in [1.82, 2.24) is 4.98 Å². The summed E-state index contributed by atoms with van der Waals surface area (Å²) in [6, 6.07) is 7.37. The number of pyridine rings is 1. The highest BCUT2D eigenvalue weighted by Gasteiger charge is 2.30. The maximum Gasteiger partial charge on any atom is 0.416 e. The van der Waals surface area contributed by atoms with Gasteiger partial charge in [0.25, 0.3) is 0 Å². The molecule has 0 atom stereocenters. The largest absolute Gasteiger partial charge is 0.439 e. The second kappa shape index (κ2) is 4.68. The third-order valence-corrected chi connectivity index (χ3v) is 2.32. The molecule has 0 bridgehead atoms. The zero-order valence-electron chi connectivity index (χ0n) is 9.61. The van der Waals surface area contributed by atoms with Crippen molar-refractivity contribution in [3.8, 4) is 11.6 Å². The SMILES string of the molecule is Nc1ccc(Oc2cccc(C(F)(F)F)c2)nc1N. The van der Waals surface area contributed by atoms with Crippen molar-refractivity contribution in [3.05, 3.63) is 42.0 Å². The van der Waals surface area contributed by atoms with Gasteiger partial charge in [-0.25, -0.2) is 0 Å². The van der Waals surface area contributed by atoms with E-state index in [1.807, 2.05) is 0 Å². The number of aromatic nitrogens is 1. The van der Waals surface area contributed by atoms with Crippen LogP contribution in [0.1, 0.15) is 5.56 Å². The first kappa shape index (κ1) is 13.0. The minimum Gasteiger partial charge on any atom is -0.439 e. The Bertz CT molecular complexity index is 599. The average Bonchev–Trinajstić information content (AvgIpc) is 2.33. The molecule has 0 aliphatic rings. The van der Waals surface area contributed by atoms with Gasteiger partial charge >= 0.3 is 6.18 Å². The zero-order chi connectivity index (χ0) is 14.0. The number of hydrogen-bond acceptors (Lipinski definition) is 4. The van der Waals surface area contributed by atoms with Crippen LogP contribution in [0.4, 0.5) is 24.7 Å². The van der Waals surface area contributed by atoms with Crippen LogP contribution in [0.2, 0.25) is 0 Å². The lowest BCUT2D eigenvalue weighted by Crippen LogP contribution is -2.04. The van der Waals surface area contributed by atoms with E-state index in [1.54, 1.807) is 0 Å². The van der Waals surface area contributed by atoms with Crippen LogP contribution in [0.25, 0.3) is 0 Å². The summed E-state index contributed by atoms with van der Waals surface area (Å²) in [7, 11) is 0. The fourth-order valence-electron chi connectivity index (χ4n) is 1.38. The molecule has 2 rings (SSSR count). The summed E-state index contributed by atoms with van der Waals surface area (Å²) in [5.74, 6) is 0.155. The van der Waals surface area contributed by atoms with E-state index in [4.69, 9.17) is 16.2 Å². The zero-order valence-corrected chi connectivity index (χ0v) is 9.61. The smallest absolute Gasteiger partial charge is 0.416 e. The standard InChI is InChI=1S/C12H10F3N3O/c13-12(14,15)7-2-1-3-8(6-7)19-10-5-4-9(16)11(17)18-10/h1-6H,16H2,(H2,17,18). The molecule has 19 heavy (non-hydrogen) atoms. The third-order valence-electron chi connectivity index (χ3n) is 2.32. The van der Waals surface area contributed by atoms with Gasteiger partial charge in [0.05, 0.1) is 11.3 Å². The quantitative estimate of drug-likeness (QED) is 0.878. The van der Waals surface area contributed by atoms with Gasteiger partial charge in [-0.3, -0.25) is 0 Å². The second-order valence-corrected chi connectivity index (χ2v) is 3.75. The summed E-state index contributed by atoms with van der Waals surface area (Å²) in [6.45, 7) is 0. The van der Waals surface area contributed by atoms with Crippen LogP contribution in [0.5, 0.6) is 11.6 Å². The van der Waals surface area contributed by atoms with E-state index < -0.39 is 11.7 Å². The molecule has 2 aromatic rings. The number of anilines is 2. The van der Waals surface area contributed by atoms with E-state index in [9.17, 15) is 13.2 Å². The first-order valence-corrected chi connectivity index (χ1v) is 5.23. The van der Waals surface area contributed by atoms with Gasteiger partial charge < -0.3 is 16.2 Å². The van der Waals surface area contributed by atoms with E-state index >= 15 is 0 Å². The molecule has 4 N–H and O–H groups in total. The fraction of sp³-hybridized carbons (Fsp3) is 0.0833. The van der Waals surface area contributed by atoms with E-state index in [1.165, 1.54) is 24.3 Å². The second-order valence-electron chi connectivity index (χ2n) is 3.75. The highest BCUT2D eigenvalue weighted by Crippen LogP contribution is 2.32. The topological polar surface area (TPSA) is 74.2 Å². The van der Waals surface area contributed by atoms with E-state index in [-0.39, 0.29) is 23.1 Å². The Hall–Kier alpha value is -2.44. The summed E-state index contributed by atoms with van der Waals surface area (Å²) in [6.07, 6.45) is -4.42. The molecular weight excluding hydrogens is 259 g/mol. The molecule has 0 radical (unpaired) electrons. The van der Waals surface area contributed by atoms with Gasteiger partial charge in [0.2, 0.25) is 5.88 Å². The maximum absolute atomic E-state index is 12.5. The Morgan fingerprint density at radius 1 is 1.05 bits per heavy atom. The van der Waals surface area contributed by atoms with E-state index in [0.29, 0.717) is 0 Å². The van der Waals surface area contributed by atoms with Crippen LogP contribution in [0, 0.1) is 0 Å². The Balaban J connectivity index is 2.26. The van der Waals surface area contributed by atoms with Crippen molar-refractivity contribution in [2.45, 2.75) is 6.18 Å². The molecule has 0 aliphatic carbocycles. The number of nitrogen functional groups attached to an aromatic ring is 2. The number of nitrogens with zero attached hydrogens (tertiary/aromatic N) is 1. The van der Waals surface area contributed by atoms with Crippen molar-refractivity contribution in [2.75, 3.05) is 11.5 Å². The number of rotatable bonds is 2. The molecule has 0 amide bonds. The van der Waals surface area contributed by atoms with Crippen LogP contribution >= 0.6 is 0 Å². The lowest BCUT2D eigenvalue weighted by Gasteiger charge is -2.10. The molecular formula is C12H10F3N3O. The minimum atomic E-state index is -4.42. The number of halogens is 3. The van der Waals surface area contributed by atoms with Crippen molar-refractivity contribution in [1.29, 1.82) is 0 Å². The minimum absolute atomic E-state index is 0.0199. The van der Waals surface area contributed by atoms with Crippen LogP contribution < -0.4 is 16.2 Å². The van der Waals surface area contributed by atoms with Crippen LogP contribution in [0.3, 0.4) is 0 Å². The van der Waals surface area contributed by atoms with Gasteiger partial charge in [0, 0.05) is 6.07 Å². The van der Waals surface area contributed by atoms with Crippen molar-refractivity contribution < 1.29 is 17.9 Å². The van der Waals surface area contributed by atoms with Crippen molar-refractivity contribution in [3.63, 3.8) is 0 Å². The average molecular weight is 269 g/mol. The lowest BCUT2D eigenvalue weighted by molar-refractivity contribution is -0.137. The molecule has 0 saturated carbocycles. The molecule has 1 heterocycles. The van der Waals surface area contributed by atoms with Gasteiger partial charge in [-0.15, -0.1) is 0 Å². The molecule has 7 heteroatoms. The van der Waals surface area contributed by atoms with E-state index in [2.05, 4.69) is 4.98 Å². The first-order valence-electron chi connectivity index (χ1n) is 5.23.